The van der Waals surface area contributed by atoms with Crippen molar-refractivity contribution in [2.24, 2.45) is 0 Å². The number of nitrogens with zero attached hydrogens (tertiary/aromatic N) is 1. The van der Waals surface area contributed by atoms with E-state index in [-0.39, 0.29) is 21.4 Å². The maximum Gasteiger partial charge on any atom is 0.289 e. The van der Waals surface area contributed by atoms with Gasteiger partial charge in [-0.2, -0.15) is 0 Å². The zero-order chi connectivity index (χ0) is 15.5. The molecule has 0 N–H and O–H groups in total. The zero-order valence-corrected chi connectivity index (χ0v) is 14.4. The molecule has 1 rings (SSSR count). The molecule has 0 aliphatic carbocycles. The van der Waals surface area contributed by atoms with Crippen LogP contribution in [-0.4, -0.2) is 45.5 Å². The Kier molecular flexibility index (Phi) is 6.06. The van der Waals surface area contributed by atoms with Gasteiger partial charge in [0.2, 0.25) is 0 Å². The molecule has 114 valence electrons. The van der Waals surface area contributed by atoms with E-state index in [9.17, 15) is 13.2 Å². The van der Waals surface area contributed by atoms with Crippen LogP contribution in [0, 0.1) is 0 Å². The Morgan fingerprint density at radius 2 is 2.15 bits per heavy atom. The van der Waals surface area contributed by atoms with Crippen molar-refractivity contribution in [2.75, 3.05) is 20.2 Å². The molecule has 0 unspecified atom stereocenters. The number of hydrogen-bond acceptors (Lipinski definition) is 5. The quantitative estimate of drug-likeness (QED) is 0.700. The molecule has 0 radical (unpaired) electrons. The topological polar surface area (TPSA) is 76.8 Å². The Balaban J connectivity index is 2.78. The highest BCUT2D eigenvalue weighted by Crippen LogP contribution is 2.29. The minimum Gasteiger partial charge on any atom is -0.443 e. The first-order valence-electron chi connectivity index (χ1n) is 5.74. The molecular weight excluding hydrogens is 374 g/mol. The second kappa shape index (κ2) is 6.93. The largest absolute Gasteiger partial charge is 0.443 e. The van der Waals surface area contributed by atoms with E-state index in [4.69, 9.17) is 19.8 Å². The van der Waals surface area contributed by atoms with Crippen molar-refractivity contribution in [2.45, 2.75) is 24.8 Å². The van der Waals surface area contributed by atoms with Crippen molar-refractivity contribution in [1.82, 2.24) is 4.90 Å². The summed E-state index contributed by atoms with van der Waals surface area (Å²) in [4.78, 5) is 13.1. The van der Waals surface area contributed by atoms with Gasteiger partial charge in [0.1, 0.15) is 4.90 Å². The van der Waals surface area contributed by atoms with Crippen molar-refractivity contribution in [3.05, 3.63) is 16.5 Å². The highest BCUT2D eigenvalue weighted by atomic mass is 79.9. The van der Waals surface area contributed by atoms with Crippen LogP contribution in [-0.2, 0) is 13.8 Å². The van der Waals surface area contributed by atoms with Gasteiger partial charge in [-0.25, -0.2) is 8.42 Å². The Morgan fingerprint density at radius 1 is 1.55 bits per heavy atom. The monoisotopic (exact) mass is 387 g/mol. The lowest BCUT2D eigenvalue weighted by Crippen LogP contribution is -2.30. The maximum atomic E-state index is 12.0. The minimum absolute atomic E-state index is 0.0734. The van der Waals surface area contributed by atoms with Gasteiger partial charge in [-0.15, -0.1) is 0 Å². The van der Waals surface area contributed by atoms with Crippen molar-refractivity contribution in [3.8, 4) is 0 Å². The van der Waals surface area contributed by atoms with E-state index in [1.807, 2.05) is 13.8 Å². The standard InChI is InChI=1S/C11H15BrClNO5S/c1-7(2)18-5-4-14(3)11(15)8-6-9(10(12)19-8)20(13,16)17/h6-7H,4-5H2,1-3H3. The van der Waals surface area contributed by atoms with E-state index < -0.39 is 15.0 Å². The Bertz CT molecular complexity index is 584. The molecule has 1 amide bonds. The molecule has 0 saturated carbocycles. The summed E-state index contributed by atoms with van der Waals surface area (Å²) in [5, 5.41) is 0. The molecule has 20 heavy (non-hydrogen) atoms. The Hall–Kier alpha value is -0.570. The number of carbonyl (C=O) groups excluding carboxylic acids is 1. The fourth-order valence-electron chi connectivity index (χ4n) is 1.34. The number of rotatable bonds is 6. The highest BCUT2D eigenvalue weighted by molar-refractivity contribution is 9.10. The Morgan fingerprint density at radius 3 is 2.60 bits per heavy atom. The molecule has 0 aromatic carbocycles. The SMILES string of the molecule is CC(C)OCCN(C)C(=O)c1cc(S(=O)(=O)Cl)c(Br)o1. The molecular formula is C11H15BrClNO5S. The van der Waals surface area contributed by atoms with Gasteiger partial charge in [-0.3, -0.25) is 4.79 Å². The van der Waals surface area contributed by atoms with Gasteiger partial charge < -0.3 is 14.1 Å². The molecule has 0 fully saturated rings. The molecule has 1 heterocycles. The van der Waals surface area contributed by atoms with Gasteiger partial charge in [0.25, 0.3) is 15.0 Å². The first-order chi connectivity index (χ1) is 9.12. The first-order valence-corrected chi connectivity index (χ1v) is 8.84. The molecule has 0 atom stereocenters. The predicted molar refractivity (Wildman–Crippen MR) is 77.5 cm³/mol. The summed E-state index contributed by atoms with van der Waals surface area (Å²) < 4.78 is 32.8. The van der Waals surface area contributed by atoms with Crippen molar-refractivity contribution >= 4 is 41.6 Å². The van der Waals surface area contributed by atoms with Crippen LogP contribution in [0.2, 0.25) is 0 Å². The van der Waals surface area contributed by atoms with Crippen molar-refractivity contribution < 1.29 is 22.4 Å². The third-order valence-electron chi connectivity index (χ3n) is 2.35. The molecule has 0 saturated heterocycles. The first kappa shape index (κ1) is 17.5. The summed E-state index contributed by atoms with van der Waals surface area (Å²) in [5.41, 5.74) is 0. The normalized spacial score (nSPS) is 11.9. The summed E-state index contributed by atoms with van der Waals surface area (Å²) in [6.07, 6.45) is 0.0734. The lowest BCUT2D eigenvalue weighted by Gasteiger charge is -2.16. The van der Waals surface area contributed by atoms with E-state index in [0.29, 0.717) is 13.2 Å². The lowest BCUT2D eigenvalue weighted by molar-refractivity contribution is 0.0515. The van der Waals surface area contributed by atoms with Crippen molar-refractivity contribution in [1.29, 1.82) is 0 Å². The fourth-order valence-corrected chi connectivity index (χ4v) is 3.37. The average Bonchev–Trinajstić information content (AvgIpc) is 2.69. The van der Waals surface area contributed by atoms with E-state index in [1.165, 1.54) is 4.90 Å². The molecule has 0 aliphatic rings. The van der Waals surface area contributed by atoms with E-state index >= 15 is 0 Å². The van der Waals surface area contributed by atoms with Gasteiger partial charge >= 0.3 is 0 Å². The van der Waals surface area contributed by atoms with Gasteiger partial charge in [0.15, 0.2) is 10.4 Å². The van der Waals surface area contributed by atoms with Crippen LogP contribution in [0.15, 0.2) is 20.0 Å². The third kappa shape index (κ3) is 4.76. The molecule has 9 heteroatoms. The maximum absolute atomic E-state index is 12.0. The lowest BCUT2D eigenvalue weighted by atomic mass is 10.4. The van der Waals surface area contributed by atoms with Crippen LogP contribution in [0.3, 0.4) is 0 Å². The molecule has 6 nitrogen and oxygen atoms in total. The Labute approximate surface area is 130 Å². The molecule has 0 spiro atoms. The summed E-state index contributed by atoms with van der Waals surface area (Å²) in [7, 11) is 2.82. The number of carbonyl (C=O) groups is 1. The molecule has 1 aromatic rings. The van der Waals surface area contributed by atoms with Crippen molar-refractivity contribution in [3.63, 3.8) is 0 Å². The molecule has 0 bridgehead atoms. The van der Waals surface area contributed by atoms with Gasteiger partial charge in [-0.1, -0.05) is 0 Å². The van der Waals surface area contributed by atoms with Crippen LogP contribution >= 0.6 is 26.6 Å². The number of hydrogen-bond donors (Lipinski definition) is 0. The fraction of sp³-hybridized carbons (Fsp3) is 0.545. The number of ether oxygens (including phenoxy) is 1. The smallest absolute Gasteiger partial charge is 0.289 e. The number of furan rings is 1. The van der Waals surface area contributed by atoms with Gasteiger partial charge in [0.05, 0.1) is 12.7 Å². The van der Waals surface area contributed by atoms with E-state index in [0.717, 1.165) is 6.07 Å². The minimum atomic E-state index is -3.96. The van der Waals surface area contributed by atoms with Gasteiger partial charge in [-0.05, 0) is 29.8 Å². The van der Waals surface area contributed by atoms with Crippen LogP contribution in [0.25, 0.3) is 0 Å². The van der Waals surface area contributed by atoms with Crippen LogP contribution in [0.1, 0.15) is 24.4 Å². The molecule has 1 aromatic heterocycles. The molecule has 0 aliphatic heterocycles. The van der Waals surface area contributed by atoms with Crippen LogP contribution in [0.4, 0.5) is 0 Å². The average molecular weight is 389 g/mol. The predicted octanol–water partition coefficient (Wildman–Crippen LogP) is 2.47. The highest BCUT2D eigenvalue weighted by Gasteiger charge is 2.24. The second-order valence-electron chi connectivity index (χ2n) is 4.33. The number of amides is 1. The summed E-state index contributed by atoms with van der Waals surface area (Å²) in [6, 6.07) is 1.09. The summed E-state index contributed by atoms with van der Waals surface area (Å²) in [5.74, 6) is -0.562. The second-order valence-corrected chi connectivity index (χ2v) is 7.59. The van der Waals surface area contributed by atoms with Gasteiger partial charge in [0, 0.05) is 30.3 Å². The van der Waals surface area contributed by atoms with Crippen LogP contribution < -0.4 is 0 Å². The van der Waals surface area contributed by atoms with E-state index in [1.54, 1.807) is 7.05 Å². The van der Waals surface area contributed by atoms with E-state index in [2.05, 4.69) is 15.9 Å². The zero-order valence-electron chi connectivity index (χ0n) is 11.2. The number of halogens is 2. The summed E-state index contributed by atoms with van der Waals surface area (Å²) in [6.45, 7) is 4.52. The van der Waals surface area contributed by atoms with Crippen LogP contribution in [0.5, 0.6) is 0 Å². The summed E-state index contributed by atoms with van der Waals surface area (Å²) >= 11 is 2.92. The number of likely N-dealkylation sites (N-methyl/N-ethyl adjacent to an activating group) is 1. The third-order valence-corrected chi connectivity index (χ3v) is 4.53.